The lowest BCUT2D eigenvalue weighted by atomic mass is 10.1. The maximum Gasteiger partial charge on any atom is 0.222 e. The molecular weight excluding hydrogens is 284 g/mol. The van der Waals surface area contributed by atoms with Crippen molar-refractivity contribution in [1.82, 2.24) is 4.90 Å². The molecule has 0 saturated carbocycles. The van der Waals surface area contributed by atoms with Crippen molar-refractivity contribution in [2.45, 2.75) is 25.8 Å². The molecule has 6 heteroatoms. The fourth-order valence-corrected chi connectivity index (χ4v) is 2.18. The Hall–Kier alpha value is -1.95. The fourth-order valence-electron chi connectivity index (χ4n) is 2.18. The first-order valence-corrected chi connectivity index (χ1v) is 7.23. The van der Waals surface area contributed by atoms with E-state index in [1.54, 1.807) is 33.3 Å². The largest absolute Gasteiger partial charge is 0.493 e. The van der Waals surface area contributed by atoms with Gasteiger partial charge in [-0.05, 0) is 25.0 Å². The topological polar surface area (TPSA) is 74.0 Å². The average molecular weight is 310 g/mol. The molecule has 0 unspecified atom stereocenters. The zero-order valence-electron chi connectivity index (χ0n) is 14.0. The number of hydrogen-bond acceptors (Lipinski definition) is 5. The van der Waals surface area contributed by atoms with E-state index in [2.05, 4.69) is 0 Å². The first kappa shape index (κ1) is 18.1. The van der Waals surface area contributed by atoms with E-state index in [9.17, 15) is 4.79 Å². The number of rotatable bonds is 8. The molecule has 22 heavy (non-hydrogen) atoms. The summed E-state index contributed by atoms with van der Waals surface area (Å²) in [5.41, 5.74) is 6.49. The SMILES string of the molecule is COc1ccc(CCC(=O)N(C)[C@@H](C)CN)c(OC)c1OC. The first-order chi connectivity index (χ1) is 10.5. The molecule has 0 radical (unpaired) electrons. The molecule has 0 heterocycles. The summed E-state index contributed by atoms with van der Waals surface area (Å²) in [6.45, 7) is 2.37. The molecular formula is C16H26N2O4. The van der Waals surface area contributed by atoms with Crippen molar-refractivity contribution in [1.29, 1.82) is 0 Å². The van der Waals surface area contributed by atoms with Crippen LogP contribution in [-0.4, -0.2) is 51.8 Å². The predicted molar refractivity (Wildman–Crippen MR) is 85.7 cm³/mol. The Kier molecular flexibility index (Phi) is 6.98. The molecule has 0 aromatic heterocycles. The molecule has 0 spiro atoms. The highest BCUT2D eigenvalue weighted by Gasteiger charge is 2.18. The summed E-state index contributed by atoms with van der Waals surface area (Å²) in [5, 5.41) is 0. The summed E-state index contributed by atoms with van der Waals surface area (Å²) in [6, 6.07) is 3.73. The normalized spacial score (nSPS) is 11.7. The molecule has 0 aliphatic heterocycles. The van der Waals surface area contributed by atoms with Gasteiger partial charge in [0.1, 0.15) is 0 Å². The minimum Gasteiger partial charge on any atom is -0.493 e. The molecule has 0 aliphatic carbocycles. The maximum absolute atomic E-state index is 12.2. The van der Waals surface area contributed by atoms with Gasteiger partial charge in [-0.2, -0.15) is 0 Å². The molecule has 0 saturated heterocycles. The van der Waals surface area contributed by atoms with E-state index >= 15 is 0 Å². The van der Waals surface area contributed by atoms with E-state index in [4.69, 9.17) is 19.9 Å². The minimum absolute atomic E-state index is 0.0276. The number of likely N-dealkylation sites (N-methyl/N-ethyl adjacent to an activating group) is 1. The number of carbonyl (C=O) groups is 1. The van der Waals surface area contributed by atoms with Crippen molar-refractivity contribution in [3.63, 3.8) is 0 Å². The Balaban J connectivity index is 2.88. The van der Waals surface area contributed by atoms with Gasteiger partial charge in [-0.1, -0.05) is 6.07 Å². The third-order valence-corrected chi connectivity index (χ3v) is 3.79. The van der Waals surface area contributed by atoms with E-state index in [1.807, 2.05) is 19.1 Å². The summed E-state index contributed by atoms with van der Waals surface area (Å²) in [4.78, 5) is 13.8. The van der Waals surface area contributed by atoms with Crippen LogP contribution in [0.1, 0.15) is 18.9 Å². The molecule has 124 valence electrons. The zero-order chi connectivity index (χ0) is 16.7. The number of nitrogens with zero attached hydrogens (tertiary/aromatic N) is 1. The molecule has 0 aliphatic rings. The number of aryl methyl sites for hydroxylation is 1. The van der Waals surface area contributed by atoms with E-state index in [-0.39, 0.29) is 11.9 Å². The molecule has 1 rings (SSSR count). The first-order valence-electron chi connectivity index (χ1n) is 7.23. The molecule has 0 fully saturated rings. The molecule has 1 atom stereocenters. The van der Waals surface area contributed by atoms with Crippen LogP contribution < -0.4 is 19.9 Å². The summed E-state index contributed by atoms with van der Waals surface area (Å²) in [6.07, 6.45) is 0.941. The van der Waals surface area contributed by atoms with Crippen LogP contribution in [0.25, 0.3) is 0 Å². The lowest BCUT2D eigenvalue weighted by Crippen LogP contribution is -2.39. The van der Waals surface area contributed by atoms with E-state index in [1.165, 1.54) is 0 Å². The van der Waals surface area contributed by atoms with Crippen LogP contribution in [0.15, 0.2) is 12.1 Å². The highest BCUT2D eigenvalue weighted by atomic mass is 16.5. The monoisotopic (exact) mass is 310 g/mol. The molecule has 1 amide bonds. The van der Waals surface area contributed by atoms with Crippen molar-refractivity contribution in [2.75, 3.05) is 34.9 Å². The van der Waals surface area contributed by atoms with E-state index < -0.39 is 0 Å². The molecule has 6 nitrogen and oxygen atoms in total. The van der Waals surface area contributed by atoms with Crippen molar-refractivity contribution in [2.24, 2.45) is 5.73 Å². The second-order valence-electron chi connectivity index (χ2n) is 5.08. The quantitative estimate of drug-likeness (QED) is 0.786. The number of nitrogens with two attached hydrogens (primary N) is 1. The van der Waals surface area contributed by atoms with Gasteiger partial charge in [0.25, 0.3) is 0 Å². The van der Waals surface area contributed by atoms with Gasteiger partial charge < -0.3 is 24.8 Å². The Bertz CT molecular complexity index is 505. The second-order valence-corrected chi connectivity index (χ2v) is 5.08. The third kappa shape index (κ3) is 4.04. The number of methoxy groups -OCH3 is 3. The summed E-state index contributed by atoms with van der Waals surface area (Å²) >= 11 is 0. The van der Waals surface area contributed by atoms with E-state index in [0.717, 1.165) is 5.56 Å². The maximum atomic E-state index is 12.2. The van der Waals surface area contributed by atoms with Crippen molar-refractivity contribution >= 4 is 5.91 Å². The number of carbonyl (C=O) groups excluding carboxylic acids is 1. The molecule has 1 aromatic carbocycles. The van der Waals surface area contributed by atoms with Gasteiger partial charge in [0.2, 0.25) is 11.7 Å². The van der Waals surface area contributed by atoms with E-state index in [0.29, 0.717) is 36.6 Å². The number of hydrogen-bond donors (Lipinski definition) is 1. The summed E-state index contributed by atoms with van der Waals surface area (Å²) in [5.74, 6) is 1.79. The predicted octanol–water partition coefficient (Wildman–Crippen LogP) is 1.45. The van der Waals surface area contributed by atoms with Crippen LogP contribution >= 0.6 is 0 Å². The Morgan fingerprint density at radius 2 is 1.82 bits per heavy atom. The van der Waals surface area contributed by atoms with Gasteiger partial charge in [0, 0.05) is 26.1 Å². The summed E-state index contributed by atoms with van der Waals surface area (Å²) in [7, 11) is 6.48. The van der Waals surface area contributed by atoms with Gasteiger partial charge >= 0.3 is 0 Å². The Morgan fingerprint density at radius 1 is 1.18 bits per heavy atom. The number of benzene rings is 1. The highest BCUT2D eigenvalue weighted by molar-refractivity contribution is 5.76. The average Bonchev–Trinajstić information content (AvgIpc) is 2.56. The van der Waals surface area contributed by atoms with Crippen LogP contribution in [0.5, 0.6) is 17.2 Å². The molecule has 1 aromatic rings. The van der Waals surface area contributed by atoms with Crippen LogP contribution in [0, 0.1) is 0 Å². The van der Waals surface area contributed by atoms with Crippen LogP contribution in [0.4, 0.5) is 0 Å². The summed E-state index contributed by atoms with van der Waals surface area (Å²) < 4.78 is 16.0. The molecule has 2 N–H and O–H groups in total. The van der Waals surface area contributed by atoms with Crippen LogP contribution in [0.2, 0.25) is 0 Å². The Morgan fingerprint density at radius 3 is 2.32 bits per heavy atom. The van der Waals surface area contributed by atoms with Gasteiger partial charge in [-0.25, -0.2) is 0 Å². The smallest absolute Gasteiger partial charge is 0.222 e. The standard InChI is InChI=1S/C16H26N2O4/c1-11(10-17)18(2)14(19)9-7-12-6-8-13(20-3)16(22-5)15(12)21-4/h6,8,11H,7,9-10,17H2,1-5H3/t11-/m0/s1. The van der Waals surface area contributed by atoms with Crippen molar-refractivity contribution < 1.29 is 19.0 Å². The van der Waals surface area contributed by atoms with Gasteiger partial charge in [-0.3, -0.25) is 4.79 Å². The number of ether oxygens (including phenoxy) is 3. The van der Waals surface area contributed by atoms with Crippen molar-refractivity contribution in [3.8, 4) is 17.2 Å². The molecule has 0 bridgehead atoms. The zero-order valence-corrected chi connectivity index (χ0v) is 14.0. The lowest BCUT2D eigenvalue weighted by molar-refractivity contribution is -0.131. The second kappa shape index (κ2) is 8.48. The third-order valence-electron chi connectivity index (χ3n) is 3.79. The van der Waals surface area contributed by atoms with Gasteiger partial charge in [0.05, 0.1) is 21.3 Å². The van der Waals surface area contributed by atoms with Gasteiger partial charge in [0.15, 0.2) is 11.5 Å². The minimum atomic E-state index is 0.0276. The van der Waals surface area contributed by atoms with Crippen LogP contribution in [-0.2, 0) is 11.2 Å². The lowest BCUT2D eigenvalue weighted by Gasteiger charge is -2.24. The van der Waals surface area contributed by atoms with Crippen LogP contribution in [0.3, 0.4) is 0 Å². The number of amides is 1. The fraction of sp³-hybridized carbons (Fsp3) is 0.562. The highest BCUT2D eigenvalue weighted by Crippen LogP contribution is 2.40. The van der Waals surface area contributed by atoms with Gasteiger partial charge in [-0.15, -0.1) is 0 Å². The van der Waals surface area contributed by atoms with Crippen molar-refractivity contribution in [3.05, 3.63) is 17.7 Å². The Labute approximate surface area is 132 Å².